The quantitative estimate of drug-likeness (QED) is 0.602. The molecule has 0 atom stereocenters. The number of hydrogen-bond acceptors (Lipinski definition) is 5. The second-order valence-corrected chi connectivity index (χ2v) is 4.30. The first-order valence-electron chi connectivity index (χ1n) is 3.64. The van der Waals surface area contributed by atoms with Gasteiger partial charge in [-0.3, -0.25) is 0 Å². The number of sulfonamides is 1. The third-order valence-corrected chi connectivity index (χ3v) is 2.15. The van der Waals surface area contributed by atoms with Crippen LogP contribution < -0.4 is 10.9 Å². The van der Waals surface area contributed by atoms with Gasteiger partial charge in [-0.25, -0.2) is 18.5 Å². The van der Waals surface area contributed by atoms with Crippen LogP contribution in [0.1, 0.15) is 0 Å². The van der Waals surface area contributed by atoms with Gasteiger partial charge in [0.15, 0.2) is 0 Å². The predicted octanol–water partition coefficient (Wildman–Crippen LogP) is -0.821. The Hall–Kier alpha value is -1.34. The largest absolute Gasteiger partial charge is 0.402 e. The number of allylic oxidation sites excluding steroid dienone is 1. The van der Waals surface area contributed by atoms with Crippen molar-refractivity contribution in [3.05, 3.63) is 23.5 Å². The van der Waals surface area contributed by atoms with Crippen molar-refractivity contribution in [2.75, 3.05) is 14.1 Å². The molecule has 0 unspecified atom stereocenters. The maximum Gasteiger partial charge on any atom is 0.238 e. The van der Waals surface area contributed by atoms with E-state index in [9.17, 15) is 8.42 Å². The molecule has 4 N–H and O–H groups in total. The second-order valence-electron chi connectivity index (χ2n) is 2.69. The second kappa shape index (κ2) is 4.77. The van der Waals surface area contributed by atoms with E-state index in [1.807, 2.05) is 0 Å². The monoisotopic (exact) mass is 218 g/mol. The van der Waals surface area contributed by atoms with E-state index in [4.69, 9.17) is 10.9 Å². The molecule has 7 heteroatoms. The molecular formula is C7H14N4O2S. The highest BCUT2D eigenvalue weighted by Gasteiger charge is 2.05. The van der Waals surface area contributed by atoms with Crippen molar-refractivity contribution in [2.45, 2.75) is 0 Å². The van der Waals surface area contributed by atoms with Crippen LogP contribution in [0.15, 0.2) is 28.5 Å². The van der Waals surface area contributed by atoms with Crippen molar-refractivity contribution in [2.24, 2.45) is 15.9 Å². The van der Waals surface area contributed by atoms with Gasteiger partial charge in [0.2, 0.25) is 10.0 Å². The van der Waals surface area contributed by atoms with E-state index in [-0.39, 0.29) is 4.91 Å². The summed E-state index contributed by atoms with van der Waals surface area (Å²) < 4.78 is 21.4. The molecule has 0 bridgehead atoms. The summed E-state index contributed by atoms with van der Waals surface area (Å²) in [5, 5.41) is 4.80. The van der Waals surface area contributed by atoms with Crippen molar-refractivity contribution in [1.29, 1.82) is 0 Å². The zero-order valence-corrected chi connectivity index (χ0v) is 8.95. The summed E-state index contributed by atoms with van der Waals surface area (Å²) >= 11 is 0. The highest BCUT2D eigenvalue weighted by atomic mass is 32.2. The molecule has 0 fully saturated rings. The fourth-order valence-corrected chi connectivity index (χ4v) is 0.719. The first-order chi connectivity index (χ1) is 6.29. The van der Waals surface area contributed by atoms with E-state index in [0.29, 0.717) is 5.82 Å². The lowest BCUT2D eigenvalue weighted by atomic mass is 10.6. The van der Waals surface area contributed by atoms with Crippen molar-refractivity contribution >= 4 is 16.2 Å². The molecule has 0 aromatic heterocycles. The maximum absolute atomic E-state index is 10.7. The fraction of sp³-hybridized carbons (Fsp3) is 0.286. The Morgan fingerprint density at radius 3 is 2.29 bits per heavy atom. The molecule has 0 aromatic carbocycles. The smallest absolute Gasteiger partial charge is 0.238 e. The third-order valence-electron chi connectivity index (χ3n) is 1.31. The van der Waals surface area contributed by atoms with Gasteiger partial charge in [0.1, 0.15) is 5.82 Å². The van der Waals surface area contributed by atoms with Gasteiger partial charge < -0.3 is 10.6 Å². The highest BCUT2D eigenvalue weighted by molar-refractivity contribution is 7.93. The minimum atomic E-state index is -3.76. The molecule has 80 valence electrons. The molecule has 0 saturated heterocycles. The number of rotatable bonds is 4. The van der Waals surface area contributed by atoms with Gasteiger partial charge in [-0.2, -0.15) is 0 Å². The van der Waals surface area contributed by atoms with E-state index >= 15 is 0 Å². The van der Waals surface area contributed by atoms with Gasteiger partial charge in [0, 0.05) is 26.5 Å². The molecule has 14 heavy (non-hydrogen) atoms. The molecule has 0 aliphatic carbocycles. The van der Waals surface area contributed by atoms with Gasteiger partial charge in [0.25, 0.3) is 0 Å². The Labute approximate surface area is 83.6 Å². The standard InChI is InChI=1S/C7H14N4O2S/c1-6(14(9,12)13)5-10-7(4-8)11(2)3/h4-5H,1,8H2,2-3H3,(H2,9,12,13)/b7-4+,10-5?. The van der Waals surface area contributed by atoms with Crippen LogP contribution in [0.4, 0.5) is 0 Å². The van der Waals surface area contributed by atoms with E-state index in [1.165, 1.54) is 6.20 Å². The van der Waals surface area contributed by atoms with Crippen molar-refractivity contribution in [3.63, 3.8) is 0 Å². The van der Waals surface area contributed by atoms with Gasteiger partial charge in [-0.1, -0.05) is 6.58 Å². The molecule has 0 aliphatic heterocycles. The molecule has 0 heterocycles. The van der Waals surface area contributed by atoms with Gasteiger partial charge in [-0.05, 0) is 0 Å². The SMILES string of the molecule is C=C(C=N/C(=C\N)N(C)C)S(N)(=O)=O. The minimum absolute atomic E-state index is 0.265. The maximum atomic E-state index is 10.7. The molecule has 0 amide bonds. The molecule has 6 nitrogen and oxygen atoms in total. The Morgan fingerprint density at radius 2 is 2.00 bits per heavy atom. The zero-order chi connectivity index (χ0) is 11.4. The lowest BCUT2D eigenvalue weighted by molar-refractivity contribution is 0.505. The third kappa shape index (κ3) is 4.06. The Kier molecular flexibility index (Phi) is 4.32. The van der Waals surface area contributed by atoms with Crippen molar-refractivity contribution in [1.82, 2.24) is 4.90 Å². The van der Waals surface area contributed by atoms with E-state index < -0.39 is 10.0 Å². The number of nitrogens with zero attached hydrogens (tertiary/aromatic N) is 2. The Balaban J connectivity index is 4.70. The topological polar surface area (TPSA) is 102 Å². The molecule has 0 aromatic rings. The van der Waals surface area contributed by atoms with E-state index in [2.05, 4.69) is 11.6 Å². The summed E-state index contributed by atoms with van der Waals surface area (Å²) in [5.74, 6) is 0.412. The summed E-state index contributed by atoms with van der Waals surface area (Å²) in [4.78, 5) is 5.14. The summed E-state index contributed by atoms with van der Waals surface area (Å²) in [5.41, 5.74) is 5.24. The number of nitrogens with two attached hydrogens (primary N) is 2. The summed E-state index contributed by atoms with van der Waals surface area (Å²) in [6, 6.07) is 0. The van der Waals surface area contributed by atoms with Gasteiger partial charge >= 0.3 is 0 Å². The van der Waals surface area contributed by atoms with Crippen molar-refractivity contribution in [3.8, 4) is 0 Å². The van der Waals surface area contributed by atoms with Crippen LogP contribution in [-0.4, -0.2) is 33.6 Å². The lowest BCUT2D eigenvalue weighted by Gasteiger charge is -2.10. The molecule has 0 rings (SSSR count). The minimum Gasteiger partial charge on any atom is -0.402 e. The lowest BCUT2D eigenvalue weighted by Crippen LogP contribution is -2.16. The highest BCUT2D eigenvalue weighted by Crippen LogP contribution is 2.00. The molecule has 0 radical (unpaired) electrons. The van der Waals surface area contributed by atoms with Gasteiger partial charge in [-0.15, -0.1) is 0 Å². The normalized spacial score (nSPS) is 13.2. The van der Waals surface area contributed by atoms with Crippen LogP contribution in [0.2, 0.25) is 0 Å². The molecule has 0 aliphatic rings. The summed E-state index contributed by atoms with van der Waals surface area (Å²) in [6.07, 6.45) is 2.29. The Morgan fingerprint density at radius 1 is 1.50 bits per heavy atom. The summed E-state index contributed by atoms with van der Waals surface area (Å²) in [6.45, 7) is 3.24. The number of hydrogen-bond donors (Lipinski definition) is 2. The van der Waals surface area contributed by atoms with Crippen LogP contribution >= 0.6 is 0 Å². The van der Waals surface area contributed by atoms with Gasteiger partial charge in [0.05, 0.1) is 4.91 Å². The average Bonchev–Trinajstić information content (AvgIpc) is 2.02. The van der Waals surface area contributed by atoms with Crippen LogP contribution in [-0.2, 0) is 10.0 Å². The van der Waals surface area contributed by atoms with Crippen LogP contribution in [0, 0.1) is 0 Å². The molecular weight excluding hydrogens is 204 g/mol. The van der Waals surface area contributed by atoms with Crippen LogP contribution in [0.25, 0.3) is 0 Å². The predicted molar refractivity (Wildman–Crippen MR) is 56.7 cm³/mol. The van der Waals surface area contributed by atoms with Crippen molar-refractivity contribution < 1.29 is 8.42 Å². The first kappa shape index (κ1) is 12.7. The molecule has 0 saturated carbocycles. The van der Waals surface area contributed by atoms with E-state index in [0.717, 1.165) is 6.21 Å². The average molecular weight is 218 g/mol. The zero-order valence-electron chi connectivity index (χ0n) is 8.14. The first-order valence-corrected chi connectivity index (χ1v) is 5.18. The van der Waals surface area contributed by atoms with Crippen LogP contribution in [0.3, 0.4) is 0 Å². The fourth-order valence-electron chi connectivity index (χ4n) is 0.519. The number of primary sulfonamides is 1. The molecule has 0 spiro atoms. The summed E-state index contributed by atoms with van der Waals surface area (Å²) in [7, 11) is -0.327. The van der Waals surface area contributed by atoms with E-state index in [1.54, 1.807) is 19.0 Å². The Bertz CT molecular complexity index is 367. The van der Waals surface area contributed by atoms with Crippen LogP contribution in [0.5, 0.6) is 0 Å². The number of aliphatic imine (C=N–C) groups is 1.